The molecule has 1 amide bonds. The first-order valence-corrected chi connectivity index (χ1v) is 10.5. The van der Waals surface area contributed by atoms with Crippen molar-refractivity contribution >= 4 is 28.5 Å². The minimum absolute atomic E-state index is 0.0732. The maximum absolute atomic E-state index is 12.9. The highest BCUT2D eigenvalue weighted by molar-refractivity contribution is 6.31. The number of carbonyl (C=O) groups is 1. The molecule has 0 unspecified atom stereocenters. The van der Waals surface area contributed by atoms with Gasteiger partial charge in [0.15, 0.2) is 0 Å². The van der Waals surface area contributed by atoms with Crippen molar-refractivity contribution < 1.29 is 14.3 Å². The summed E-state index contributed by atoms with van der Waals surface area (Å²) in [7, 11) is 1.66. The van der Waals surface area contributed by atoms with Crippen molar-refractivity contribution in [3.63, 3.8) is 0 Å². The predicted octanol–water partition coefficient (Wildman–Crippen LogP) is 4.84. The number of pyridine rings is 1. The number of alkyl carbamates (subject to hydrolysis) is 1. The van der Waals surface area contributed by atoms with E-state index in [2.05, 4.69) is 5.32 Å². The van der Waals surface area contributed by atoms with Gasteiger partial charge in [-0.1, -0.05) is 41.9 Å². The predicted molar refractivity (Wildman–Crippen MR) is 123 cm³/mol. The minimum Gasteiger partial charge on any atom is -0.491 e. The fourth-order valence-corrected chi connectivity index (χ4v) is 3.42. The zero-order valence-corrected chi connectivity index (χ0v) is 19.0. The Kier molecular flexibility index (Phi) is 6.91. The molecule has 0 saturated carbocycles. The lowest BCUT2D eigenvalue weighted by molar-refractivity contribution is 0.0522. The van der Waals surface area contributed by atoms with Crippen molar-refractivity contribution in [2.45, 2.75) is 39.3 Å². The number of rotatable bonds is 6. The third-order valence-electron chi connectivity index (χ3n) is 4.71. The van der Waals surface area contributed by atoms with E-state index in [1.165, 1.54) is 4.57 Å². The Morgan fingerprint density at radius 1 is 1.10 bits per heavy atom. The summed E-state index contributed by atoms with van der Waals surface area (Å²) in [5, 5.41) is 4.34. The quantitative estimate of drug-likeness (QED) is 0.593. The number of nitrogens with one attached hydrogen (secondary N) is 1. The van der Waals surface area contributed by atoms with E-state index < -0.39 is 11.7 Å². The normalized spacial score (nSPS) is 11.4. The molecule has 0 bridgehead atoms. The number of benzene rings is 2. The van der Waals surface area contributed by atoms with Crippen molar-refractivity contribution in [1.82, 2.24) is 9.88 Å². The van der Waals surface area contributed by atoms with E-state index >= 15 is 0 Å². The third-order valence-corrected chi connectivity index (χ3v) is 4.94. The van der Waals surface area contributed by atoms with Crippen molar-refractivity contribution in [1.29, 1.82) is 0 Å². The highest BCUT2D eigenvalue weighted by Crippen LogP contribution is 2.30. The number of carbonyl (C=O) groups excluding carboxylic acids is 1. The highest BCUT2D eigenvalue weighted by Gasteiger charge is 2.20. The molecule has 6 nitrogen and oxygen atoms in total. The standard InChI is InChI=1S/C24H27ClN2O4/c1-24(2,3)31-23(29)26-15-20-21(30-13-12-16-8-6-5-7-9-16)19-14-17(25)10-11-18(19)22(28)27(20)4/h5-11,14H,12-13,15H2,1-4H3,(H,26,29). The van der Waals surface area contributed by atoms with E-state index in [1.54, 1.807) is 46.0 Å². The summed E-state index contributed by atoms with van der Waals surface area (Å²) in [6.45, 7) is 5.85. The van der Waals surface area contributed by atoms with Crippen LogP contribution in [0.15, 0.2) is 53.3 Å². The summed E-state index contributed by atoms with van der Waals surface area (Å²) >= 11 is 6.21. The largest absolute Gasteiger partial charge is 0.491 e. The van der Waals surface area contributed by atoms with Crippen molar-refractivity contribution in [3.8, 4) is 5.75 Å². The van der Waals surface area contributed by atoms with Gasteiger partial charge in [0.1, 0.15) is 11.4 Å². The maximum Gasteiger partial charge on any atom is 0.407 e. The molecule has 0 aliphatic heterocycles. The molecule has 164 valence electrons. The van der Waals surface area contributed by atoms with E-state index in [-0.39, 0.29) is 12.1 Å². The third kappa shape index (κ3) is 5.79. The second-order valence-electron chi connectivity index (χ2n) is 8.27. The maximum atomic E-state index is 12.9. The van der Waals surface area contributed by atoms with E-state index in [4.69, 9.17) is 21.1 Å². The minimum atomic E-state index is -0.623. The molecule has 3 aromatic rings. The smallest absolute Gasteiger partial charge is 0.407 e. The van der Waals surface area contributed by atoms with Gasteiger partial charge in [-0.2, -0.15) is 0 Å². The Hall–Kier alpha value is -2.99. The van der Waals surface area contributed by atoms with Crippen molar-refractivity contribution in [2.24, 2.45) is 7.05 Å². The Bertz CT molecular complexity index is 1130. The van der Waals surface area contributed by atoms with Gasteiger partial charge in [0, 0.05) is 23.9 Å². The number of hydrogen-bond donors (Lipinski definition) is 1. The summed E-state index contributed by atoms with van der Waals surface area (Å²) < 4.78 is 13.0. The van der Waals surface area contributed by atoms with Crippen LogP contribution in [0.5, 0.6) is 5.75 Å². The summed E-state index contributed by atoms with van der Waals surface area (Å²) in [5.74, 6) is 0.520. The molecule has 1 N–H and O–H groups in total. The van der Waals surface area contributed by atoms with Gasteiger partial charge >= 0.3 is 6.09 Å². The summed E-state index contributed by atoms with van der Waals surface area (Å²) in [5.41, 5.74) is 0.867. The average molecular weight is 443 g/mol. The number of fused-ring (bicyclic) bond motifs is 1. The van der Waals surface area contributed by atoms with Gasteiger partial charge in [-0.3, -0.25) is 4.79 Å². The van der Waals surface area contributed by atoms with Crippen LogP contribution < -0.4 is 15.6 Å². The second-order valence-corrected chi connectivity index (χ2v) is 8.71. The molecule has 0 radical (unpaired) electrons. The van der Waals surface area contributed by atoms with Gasteiger partial charge in [-0.15, -0.1) is 0 Å². The number of ether oxygens (including phenoxy) is 2. The van der Waals surface area contributed by atoms with Gasteiger partial charge in [0.25, 0.3) is 5.56 Å². The molecule has 1 aromatic heterocycles. The first kappa shape index (κ1) is 22.7. The molecule has 0 aliphatic carbocycles. The Morgan fingerprint density at radius 2 is 1.81 bits per heavy atom. The summed E-state index contributed by atoms with van der Waals surface area (Å²) in [4.78, 5) is 25.1. The average Bonchev–Trinajstić information content (AvgIpc) is 2.70. The summed E-state index contributed by atoms with van der Waals surface area (Å²) in [6, 6.07) is 15.1. The van der Waals surface area contributed by atoms with E-state index in [9.17, 15) is 9.59 Å². The molecular weight excluding hydrogens is 416 g/mol. The van der Waals surface area contributed by atoms with Crippen molar-refractivity contribution in [3.05, 3.63) is 75.2 Å². The van der Waals surface area contributed by atoms with Crippen LogP contribution in [0.3, 0.4) is 0 Å². The van der Waals surface area contributed by atoms with Crippen LogP contribution in [0.4, 0.5) is 4.79 Å². The number of aromatic nitrogens is 1. The first-order chi connectivity index (χ1) is 14.7. The molecule has 0 atom stereocenters. The molecule has 3 rings (SSSR count). The lowest BCUT2D eigenvalue weighted by Crippen LogP contribution is -2.34. The molecule has 1 heterocycles. The fraction of sp³-hybridized carbons (Fsp3) is 0.333. The number of halogens is 1. The molecule has 0 saturated heterocycles. The first-order valence-electron chi connectivity index (χ1n) is 10.1. The molecule has 2 aromatic carbocycles. The molecular formula is C24H27ClN2O4. The van der Waals surface area contributed by atoms with E-state index in [0.717, 1.165) is 5.56 Å². The van der Waals surface area contributed by atoms with Crippen LogP contribution in [-0.2, 0) is 24.8 Å². The van der Waals surface area contributed by atoms with E-state index in [1.807, 2.05) is 30.3 Å². The number of amides is 1. The molecule has 0 spiro atoms. The van der Waals surface area contributed by atoms with Gasteiger partial charge < -0.3 is 19.4 Å². The van der Waals surface area contributed by atoms with Gasteiger partial charge in [0.05, 0.1) is 24.2 Å². The SMILES string of the molecule is Cn1c(CNC(=O)OC(C)(C)C)c(OCCc2ccccc2)c2cc(Cl)ccc2c1=O. The topological polar surface area (TPSA) is 69.6 Å². The Morgan fingerprint density at radius 3 is 2.48 bits per heavy atom. The molecule has 0 fully saturated rings. The van der Waals surface area contributed by atoms with E-state index in [0.29, 0.717) is 40.3 Å². The zero-order chi connectivity index (χ0) is 22.6. The van der Waals surface area contributed by atoms with Crippen LogP contribution in [0, 0.1) is 0 Å². The fourth-order valence-electron chi connectivity index (χ4n) is 3.25. The zero-order valence-electron chi connectivity index (χ0n) is 18.2. The second kappa shape index (κ2) is 9.43. The van der Waals surface area contributed by atoms with Gasteiger partial charge in [-0.25, -0.2) is 4.79 Å². The Labute approximate surface area is 186 Å². The summed E-state index contributed by atoms with van der Waals surface area (Å²) in [6.07, 6.45) is 0.131. The molecule has 31 heavy (non-hydrogen) atoms. The van der Waals surface area contributed by atoms with Crippen molar-refractivity contribution in [2.75, 3.05) is 6.61 Å². The lowest BCUT2D eigenvalue weighted by atomic mass is 10.1. The van der Waals surface area contributed by atoms with Gasteiger partial charge in [0.2, 0.25) is 0 Å². The number of hydrogen-bond acceptors (Lipinski definition) is 4. The highest BCUT2D eigenvalue weighted by atomic mass is 35.5. The van der Waals surface area contributed by atoms with Crippen LogP contribution in [0.25, 0.3) is 10.8 Å². The lowest BCUT2D eigenvalue weighted by Gasteiger charge is -2.21. The van der Waals surface area contributed by atoms with Crippen LogP contribution in [0.1, 0.15) is 32.0 Å². The monoisotopic (exact) mass is 442 g/mol. The Balaban J connectivity index is 1.94. The molecule has 7 heteroatoms. The number of nitrogens with zero attached hydrogens (tertiary/aromatic N) is 1. The van der Waals surface area contributed by atoms with Gasteiger partial charge in [-0.05, 0) is 44.5 Å². The van der Waals surface area contributed by atoms with Crippen LogP contribution in [-0.4, -0.2) is 22.9 Å². The van der Waals surface area contributed by atoms with Crippen LogP contribution >= 0.6 is 11.6 Å². The molecule has 0 aliphatic rings. The van der Waals surface area contributed by atoms with Crippen LogP contribution in [0.2, 0.25) is 5.02 Å².